The van der Waals surface area contributed by atoms with Gasteiger partial charge in [0.2, 0.25) is 5.91 Å². The summed E-state index contributed by atoms with van der Waals surface area (Å²) in [5.41, 5.74) is 2.21. The molecular weight excluding hydrogens is 364 g/mol. The van der Waals surface area contributed by atoms with E-state index in [4.69, 9.17) is 0 Å². The Morgan fingerprint density at radius 2 is 2.25 bits per heavy atom. The molecule has 2 N–H and O–H groups in total. The first kappa shape index (κ1) is 15.2. The van der Waals surface area contributed by atoms with E-state index < -0.39 is 0 Å². The molecule has 0 aliphatic carbocycles. The van der Waals surface area contributed by atoms with E-state index in [0.717, 1.165) is 16.1 Å². The second-order valence-corrected chi connectivity index (χ2v) is 7.40. The maximum absolute atomic E-state index is 12.1. The van der Waals surface area contributed by atoms with E-state index in [9.17, 15) is 4.79 Å². The van der Waals surface area contributed by atoms with Gasteiger partial charge in [0.05, 0.1) is 22.7 Å². The third-order valence-electron chi connectivity index (χ3n) is 3.05. The fraction of sp³-hybridized carbons (Fsp3) is 0.0714. The predicted octanol–water partition coefficient (Wildman–Crippen LogP) is 3.27. The summed E-state index contributed by atoms with van der Waals surface area (Å²) in [6.45, 7) is 0. The number of rotatable bonds is 5. The minimum absolute atomic E-state index is 0.127. The van der Waals surface area contributed by atoms with Crippen LogP contribution in [0.25, 0.3) is 21.7 Å². The van der Waals surface area contributed by atoms with Gasteiger partial charge in [0.1, 0.15) is 16.9 Å². The van der Waals surface area contributed by atoms with Gasteiger partial charge < -0.3 is 10.3 Å². The largest absolute Gasteiger partial charge is 0.341 e. The Bertz CT molecular complexity index is 977. The van der Waals surface area contributed by atoms with Gasteiger partial charge in [0, 0.05) is 5.38 Å². The van der Waals surface area contributed by atoms with Gasteiger partial charge in [0.15, 0.2) is 10.8 Å². The maximum Gasteiger partial charge on any atom is 0.236 e. The Balaban J connectivity index is 1.39. The van der Waals surface area contributed by atoms with Gasteiger partial charge in [-0.2, -0.15) is 0 Å². The van der Waals surface area contributed by atoms with Gasteiger partial charge in [-0.1, -0.05) is 17.8 Å². The number of hydrogen-bond acceptors (Lipinski definition) is 8. The van der Waals surface area contributed by atoms with Gasteiger partial charge in [-0.05, 0) is 11.4 Å². The van der Waals surface area contributed by atoms with Crippen LogP contribution in [0.4, 0.5) is 5.13 Å². The highest BCUT2D eigenvalue weighted by molar-refractivity contribution is 8.00. The van der Waals surface area contributed by atoms with E-state index in [-0.39, 0.29) is 11.7 Å². The van der Waals surface area contributed by atoms with E-state index in [1.807, 2.05) is 22.9 Å². The number of fused-ring (bicyclic) bond motifs is 1. The molecule has 4 aromatic rings. The normalized spacial score (nSPS) is 11.0. The number of carbonyl (C=O) groups is 1. The molecule has 0 spiro atoms. The average molecular weight is 374 g/mol. The molecule has 1 amide bonds. The lowest BCUT2D eigenvalue weighted by molar-refractivity contribution is -0.113. The number of aromatic nitrogens is 5. The summed E-state index contributed by atoms with van der Waals surface area (Å²) >= 11 is 4.37. The molecular formula is C14H10N6OS3. The molecule has 0 unspecified atom stereocenters. The van der Waals surface area contributed by atoms with Crippen molar-refractivity contribution in [2.75, 3.05) is 11.1 Å². The van der Waals surface area contributed by atoms with Crippen molar-refractivity contribution in [2.24, 2.45) is 0 Å². The summed E-state index contributed by atoms with van der Waals surface area (Å²) in [5, 5.41) is 8.05. The molecule has 10 heteroatoms. The Morgan fingerprint density at radius 3 is 3.12 bits per heavy atom. The van der Waals surface area contributed by atoms with Crippen LogP contribution in [0.2, 0.25) is 0 Å². The van der Waals surface area contributed by atoms with Crippen LogP contribution in [0, 0.1) is 0 Å². The number of thiophene rings is 1. The zero-order valence-electron chi connectivity index (χ0n) is 12.1. The summed E-state index contributed by atoms with van der Waals surface area (Å²) in [6, 6.07) is 3.98. The fourth-order valence-corrected chi connectivity index (χ4v) is 4.25. The monoisotopic (exact) mass is 374 g/mol. The number of thiazole rings is 1. The van der Waals surface area contributed by atoms with Gasteiger partial charge in [-0.3, -0.25) is 4.79 Å². The van der Waals surface area contributed by atoms with E-state index in [1.165, 1.54) is 29.4 Å². The molecule has 0 aromatic carbocycles. The number of nitrogens with zero attached hydrogens (tertiary/aromatic N) is 4. The summed E-state index contributed by atoms with van der Waals surface area (Å²) in [4.78, 5) is 32.9. The van der Waals surface area contributed by atoms with Crippen molar-refractivity contribution in [1.82, 2.24) is 24.9 Å². The van der Waals surface area contributed by atoms with Crippen molar-refractivity contribution < 1.29 is 4.79 Å². The molecule has 4 rings (SSSR count). The Kier molecular flexibility index (Phi) is 4.24. The van der Waals surface area contributed by atoms with Crippen LogP contribution in [-0.2, 0) is 4.79 Å². The first-order valence-electron chi connectivity index (χ1n) is 6.86. The first-order valence-corrected chi connectivity index (χ1v) is 9.60. The third kappa shape index (κ3) is 3.16. The molecule has 0 saturated heterocycles. The number of thioether (sulfide) groups is 1. The number of imidazole rings is 1. The molecule has 0 fully saturated rings. The molecule has 7 nitrogen and oxygen atoms in total. The maximum atomic E-state index is 12.1. The molecule has 24 heavy (non-hydrogen) atoms. The molecule has 0 atom stereocenters. The van der Waals surface area contributed by atoms with Crippen LogP contribution in [0.1, 0.15) is 0 Å². The quantitative estimate of drug-likeness (QED) is 0.411. The van der Waals surface area contributed by atoms with Crippen molar-refractivity contribution in [1.29, 1.82) is 0 Å². The number of hydrogen-bond donors (Lipinski definition) is 2. The Morgan fingerprint density at radius 1 is 1.29 bits per heavy atom. The zero-order chi connectivity index (χ0) is 16.4. The molecule has 0 aliphatic rings. The number of carbonyl (C=O) groups excluding carboxylic acids is 1. The van der Waals surface area contributed by atoms with Crippen molar-refractivity contribution in [3.8, 4) is 10.6 Å². The van der Waals surface area contributed by atoms with Crippen molar-refractivity contribution in [3.63, 3.8) is 0 Å². The first-order chi connectivity index (χ1) is 11.8. The molecule has 120 valence electrons. The predicted molar refractivity (Wildman–Crippen MR) is 96.5 cm³/mol. The fourth-order valence-electron chi connectivity index (χ4n) is 2.01. The van der Waals surface area contributed by atoms with Gasteiger partial charge in [-0.15, -0.1) is 22.7 Å². The highest BCUT2D eigenvalue weighted by atomic mass is 32.2. The highest BCUT2D eigenvalue weighted by Crippen LogP contribution is 2.28. The molecule has 0 aliphatic heterocycles. The summed E-state index contributed by atoms with van der Waals surface area (Å²) in [5.74, 6) is 0.109. The molecule has 4 aromatic heterocycles. The van der Waals surface area contributed by atoms with Crippen molar-refractivity contribution >= 4 is 56.6 Å². The van der Waals surface area contributed by atoms with Crippen LogP contribution < -0.4 is 5.32 Å². The van der Waals surface area contributed by atoms with Gasteiger partial charge >= 0.3 is 0 Å². The summed E-state index contributed by atoms with van der Waals surface area (Å²) in [6.07, 6.45) is 3.00. The molecule has 0 bridgehead atoms. The minimum atomic E-state index is -0.127. The highest BCUT2D eigenvalue weighted by Gasteiger charge is 2.12. The van der Waals surface area contributed by atoms with E-state index in [0.29, 0.717) is 15.8 Å². The van der Waals surface area contributed by atoms with Crippen LogP contribution in [0.3, 0.4) is 0 Å². The number of anilines is 1. The van der Waals surface area contributed by atoms with Crippen molar-refractivity contribution in [2.45, 2.75) is 5.03 Å². The zero-order valence-corrected chi connectivity index (χ0v) is 14.5. The molecule has 4 heterocycles. The van der Waals surface area contributed by atoms with E-state index in [1.54, 1.807) is 17.7 Å². The minimum Gasteiger partial charge on any atom is -0.341 e. The van der Waals surface area contributed by atoms with Crippen LogP contribution in [0.5, 0.6) is 0 Å². The van der Waals surface area contributed by atoms with Gasteiger partial charge in [0.25, 0.3) is 0 Å². The third-order valence-corrected chi connectivity index (χ3v) is 5.69. The van der Waals surface area contributed by atoms with Crippen LogP contribution in [-0.4, -0.2) is 36.6 Å². The number of H-pyrrole nitrogens is 1. The number of nitrogens with one attached hydrogen (secondary N) is 2. The smallest absolute Gasteiger partial charge is 0.236 e. The summed E-state index contributed by atoms with van der Waals surface area (Å²) in [7, 11) is 0. The summed E-state index contributed by atoms with van der Waals surface area (Å²) < 4.78 is 0. The lowest BCUT2D eigenvalue weighted by Crippen LogP contribution is -2.14. The van der Waals surface area contributed by atoms with Crippen LogP contribution in [0.15, 0.2) is 40.6 Å². The van der Waals surface area contributed by atoms with Crippen molar-refractivity contribution in [3.05, 3.63) is 35.5 Å². The topological polar surface area (TPSA) is 96.5 Å². The average Bonchev–Trinajstić information content (AvgIpc) is 3.32. The number of aromatic amines is 1. The second kappa shape index (κ2) is 6.67. The molecule has 0 saturated carbocycles. The molecule has 0 radical (unpaired) electrons. The lowest BCUT2D eigenvalue weighted by atomic mass is 10.4. The lowest BCUT2D eigenvalue weighted by Gasteiger charge is -2.02. The second-order valence-electron chi connectivity index (χ2n) is 4.63. The van der Waals surface area contributed by atoms with E-state index in [2.05, 4.69) is 30.2 Å². The Hall–Kier alpha value is -2.30. The Labute approximate surface area is 148 Å². The van der Waals surface area contributed by atoms with Crippen LogP contribution >= 0.6 is 34.4 Å². The SMILES string of the molecule is O=C(CSc1ncnc2nc[nH]c12)Nc1nc(-c2cccs2)cs1. The standard InChI is InChI=1S/C14H10N6OS3/c21-10(5-23-13-11-12(16-6-15-11)17-7-18-13)20-14-19-8(4-24-14)9-2-1-3-22-9/h1-4,6-7H,5H2,(H,19,20,21)(H,15,16,17,18). The van der Waals surface area contributed by atoms with Gasteiger partial charge in [-0.25, -0.2) is 19.9 Å². The number of amides is 1. The van der Waals surface area contributed by atoms with E-state index >= 15 is 0 Å².